The summed E-state index contributed by atoms with van der Waals surface area (Å²) in [6.07, 6.45) is 5.94. The van der Waals surface area contributed by atoms with Crippen LogP contribution in [-0.2, 0) is 11.3 Å². The molecule has 3 aromatic rings. The van der Waals surface area contributed by atoms with Gasteiger partial charge < -0.3 is 9.88 Å². The lowest BCUT2D eigenvalue weighted by Crippen LogP contribution is -2.20. The van der Waals surface area contributed by atoms with Gasteiger partial charge in [-0.1, -0.05) is 36.8 Å². The van der Waals surface area contributed by atoms with Crippen molar-refractivity contribution in [1.82, 2.24) is 9.55 Å². The monoisotopic (exact) mass is 419 g/mol. The summed E-state index contributed by atoms with van der Waals surface area (Å²) in [5, 5.41) is 5.83. The van der Waals surface area contributed by atoms with Gasteiger partial charge in [-0.25, -0.2) is 4.98 Å². The lowest BCUT2D eigenvalue weighted by Gasteiger charge is -2.20. The molecule has 0 unspecified atom stereocenters. The van der Waals surface area contributed by atoms with Crippen LogP contribution in [0.2, 0.25) is 0 Å². The number of nitrogens with one attached hydrogen (secondary N) is 1. The highest BCUT2D eigenvalue weighted by Crippen LogP contribution is 2.49. The fourth-order valence-electron chi connectivity index (χ4n) is 5.56. The molecule has 30 heavy (non-hydrogen) atoms. The van der Waals surface area contributed by atoms with Gasteiger partial charge in [-0.05, 0) is 62.5 Å². The number of carbonyl (C=O) groups is 1. The first-order valence-corrected chi connectivity index (χ1v) is 11.9. The van der Waals surface area contributed by atoms with Crippen molar-refractivity contribution in [2.75, 3.05) is 5.32 Å². The van der Waals surface area contributed by atoms with Gasteiger partial charge in [-0.15, -0.1) is 11.3 Å². The van der Waals surface area contributed by atoms with E-state index in [0.717, 1.165) is 29.6 Å². The fourth-order valence-corrected chi connectivity index (χ4v) is 6.29. The summed E-state index contributed by atoms with van der Waals surface area (Å²) in [6.45, 7) is 5.15. The number of benzene rings is 1. The largest absolute Gasteiger partial charge is 0.344 e. The topological polar surface area (TPSA) is 46.9 Å². The molecule has 2 aromatic heterocycles. The van der Waals surface area contributed by atoms with Gasteiger partial charge in [-0.3, -0.25) is 4.79 Å². The number of anilines is 1. The molecule has 0 radical (unpaired) electrons. The lowest BCUT2D eigenvalue weighted by molar-refractivity contribution is -0.117. The molecule has 2 aliphatic carbocycles. The molecule has 0 spiro atoms. The molecule has 1 aromatic carbocycles. The van der Waals surface area contributed by atoms with Crippen molar-refractivity contribution in [2.24, 2.45) is 17.8 Å². The smallest absolute Gasteiger partial charge is 0.226 e. The summed E-state index contributed by atoms with van der Waals surface area (Å²) in [5.41, 5.74) is 5.82. The first-order valence-electron chi connectivity index (χ1n) is 11.0. The van der Waals surface area contributed by atoms with Gasteiger partial charge in [0.05, 0.1) is 5.69 Å². The van der Waals surface area contributed by atoms with Crippen molar-refractivity contribution in [3.63, 3.8) is 0 Å². The fraction of sp³-hybridized carbons (Fsp3) is 0.440. The van der Waals surface area contributed by atoms with E-state index in [1.54, 1.807) is 0 Å². The maximum atomic E-state index is 12.6. The Labute approximate surface area is 182 Å². The van der Waals surface area contributed by atoms with Crippen LogP contribution in [0.15, 0.2) is 41.8 Å². The molecule has 3 atom stereocenters. The van der Waals surface area contributed by atoms with Crippen molar-refractivity contribution < 1.29 is 4.79 Å². The van der Waals surface area contributed by atoms with Crippen LogP contribution in [0.1, 0.15) is 49.1 Å². The molecule has 1 N–H and O–H groups in total. The highest BCUT2D eigenvalue weighted by Gasteiger charge is 2.40. The number of rotatable bonds is 6. The summed E-state index contributed by atoms with van der Waals surface area (Å²) in [5.74, 6) is 2.37. The minimum absolute atomic E-state index is 0.128. The molecule has 5 rings (SSSR count). The predicted octanol–water partition coefficient (Wildman–Crippen LogP) is 6.04. The third kappa shape index (κ3) is 3.83. The van der Waals surface area contributed by atoms with E-state index in [4.69, 9.17) is 4.98 Å². The average Bonchev–Trinajstić information content (AvgIpc) is 3.51. The molecule has 1 amide bonds. The lowest BCUT2D eigenvalue weighted by atomic mass is 9.86. The van der Waals surface area contributed by atoms with Gasteiger partial charge in [0.15, 0.2) is 5.13 Å². The van der Waals surface area contributed by atoms with Crippen molar-refractivity contribution in [3.05, 3.63) is 58.7 Å². The van der Waals surface area contributed by atoms with Crippen LogP contribution in [-0.4, -0.2) is 15.5 Å². The molecule has 4 nitrogen and oxygen atoms in total. The molecule has 156 valence electrons. The first kappa shape index (κ1) is 19.6. The van der Waals surface area contributed by atoms with E-state index in [-0.39, 0.29) is 5.91 Å². The molecular formula is C25H29N3OS. The number of amides is 1. The van der Waals surface area contributed by atoms with Crippen LogP contribution in [0.5, 0.6) is 0 Å². The Kier molecular flexibility index (Phi) is 5.23. The number of aromatic nitrogens is 2. The second kappa shape index (κ2) is 8.03. The summed E-state index contributed by atoms with van der Waals surface area (Å²) < 4.78 is 2.33. The van der Waals surface area contributed by atoms with Crippen LogP contribution in [0.25, 0.3) is 11.3 Å². The number of aryl methyl sites for hydroxylation is 1. The molecule has 0 saturated heterocycles. The van der Waals surface area contributed by atoms with E-state index in [0.29, 0.717) is 17.5 Å². The van der Waals surface area contributed by atoms with Gasteiger partial charge in [0.2, 0.25) is 5.91 Å². The second-order valence-electron chi connectivity index (χ2n) is 9.08. The van der Waals surface area contributed by atoms with Gasteiger partial charge >= 0.3 is 0 Å². The molecule has 2 saturated carbocycles. The maximum absolute atomic E-state index is 12.6. The first-order chi connectivity index (χ1) is 14.6. The Hall–Kier alpha value is -2.40. The van der Waals surface area contributed by atoms with Crippen LogP contribution in [0, 0.1) is 31.6 Å². The summed E-state index contributed by atoms with van der Waals surface area (Å²) in [4.78, 5) is 17.3. The number of fused-ring (bicyclic) bond motifs is 2. The molecule has 2 fully saturated rings. The maximum Gasteiger partial charge on any atom is 0.226 e. The van der Waals surface area contributed by atoms with Crippen molar-refractivity contribution >= 4 is 22.4 Å². The zero-order chi connectivity index (χ0) is 20.7. The molecule has 2 bridgehead atoms. The second-order valence-corrected chi connectivity index (χ2v) is 9.94. The number of thiazole rings is 1. The van der Waals surface area contributed by atoms with E-state index < -0.39 is 0 Å². The predicted molar refractivity (Wildman–Crippen MR) is 123 cm³/mol. The standard InChI is InChI=1S/C25H29N3OS/c1-16-10-22(17(2)28(16)14-18-6-4-3-5-7-18)23-15-30-25(26-23)27-24(29)13-21-12-19-8-9-20(21)11-19/h3-7,10,15,19-21H,8-9,11-14H2,1-2H3,(H,26,27,29)/t19-,20-,21+/m0/s1. The Bertz CT molecular complexity index is 1050. The van der Waals surface area contributed by atoms with Gasteiger partial charge in [0.25, 0.3) is 0 Å². The zero-order valence-corrected chi connectivity index (χ0v) is 18.5. The Balaban J connectivity index is 1.27. The van der Waals surface area contributed by atoms with Crippen LogP contribution in [0.3, 0.4) is 0 Å². The van der Waals surface area contributed by atoms with Crippen LogP contribution in [0.4, 0.5) is 5.13 Å². The number of carbonyl (C=O) groups excluding carboxylic acids is 1. The minimum Gasteiger partial charge on any atom is -0.344 e. The summed E-state index contributed by atoms with van der Waals surface area (Å²) in [6, 6.07) is 12.7. The zero-order valence-electron chi connectivity index (χ0n) is 17.7. The normalized spacial score (nSPS) is 22.5. The highest BCUT2D eigenvalue weighted by atomic mass is 32.1. The average molecular weight is 420 g/mol. The minimum atomic E-state index is 0.128. The third-order valence-electron chi connectivity index (χ3n) is 7.12. The van der Waals surface area contributed by atoms with Gasteiger partial charge in [-0.2, -0.15) is 0 Å². The quantitative estimate of drug-likeness (QED) is 0.529. The van der Waals surface area contributed by atoms with Crippen molar-refractivity contribution in [1.29, 1.82) is 0 Å². The summed E-state index contributed by atoms with van der Waals surface area (Å²) in [7, 11) is 0. The van der Waals surface area contributed by atoms with Crippen molar-refractivity contribution in [3.8, 4) is 11.3 Å². The van der Waals surface area contributed by atoms with Crippen LogP contribution < -0.4 is 5.32 Å². The number of nitrogens with zero attached hydrogens (tertiary/aromatic N) is 2. The molecule has 5 heteroatoms. The third-order valence-corrected chi connectivity index (χ3v) is 7.87. The Morgan fingerprint density at radius 1 is 1.20 bits per heavy atom. The van der Waals surface area contributed by atoms with Crippen molar-refractivity contribution in [2.45, 2.75) is 52.5 Å². The summed E-state index contributed by atoms with van der Waals surface area (Å²) >= 11 is 1.52. The van der Waals surface area contributed by atoms with E-state index in [2.05, 4.69) is 59.4 Å². The van der Waals surface area contributed by atoms with E-state index in [1.807, 2.05) is 6.07 Å². The van der Waals surface area contributed by atoms with Gasteiger partial charge in [0, 0.05) is 35.3 Å². The van der Waals surface area contributed by atoms with E-state index in [9.17, 15) is 4.79 Å². The van der Waals surface area contributed by atoms with E-state index >= 15 is 0 Å². The molecule has 2 heterocycles. The molecule has 2 aliphatic rings. The Morgan fingerprint density at radius 2 is 2.03 bits per heavy atom. The van der Waals surface area contributed by atoms with Crippen LogP contribution >= 0.6 is 11.3 Å². The van der Waals surface area contributed by atoms with Gasteiger partial charge in [0.1, 0.15) is 0 Å². The number of hydrogen-bond acceptors (Lipinski definition) is 3. The SMILES string of the molecule is Cc1cc(-c2csc(NC(=O)C[C@H]3C[C@H]4CC[C@H]3C4)n2)c(C)n1Cc1ccccc1. The number of hydrogen-bond donors (Lipinski definition) is 1. The molecule has 0 aliphatic heterocycles. The molecular weight excluding hydrogens is 390 g/mol. The highest BCUT2D eigenvalue weighted by molar-refractivity contribution is 7.14. The Morgan fingerprint density at radius 3 is 2.77 bits per heavy atom. The van der Waals surface area contributed by atoms with E-state index in [1.165, 1.54) is 54.0 Å².